The van der Waals surface area contributed by atoms with E-state index in [-0.39, 0.29) is 88.7 Å². The van der Waals surface area contributed by atoms with E-state index in [0.29, 0.717) is 56.4 Å². The van der Waals surface area contributed by atoms with E-state index in [4.69, 9.17) is 0 Å². The van der Waals surface area contributed by atoms with E-state index < -0.39 is 16.1 Å². The average Bonchev–Trinajstić information content (AvgIpc) is 1.43. The van der Waals surface area contributed by atoms with E-state index in [1.165, 1.54) is 127 Å². The minimum atomic E-state index is -1.34. The number of ketones is 6. The van der Waals surface area contributed by atoms with Crippen molar-refractivity contribution in [3.8, 4) is 0 Å². The van der Waals surface area contributed by atoms with Gasteiger partial charge in [0.15, 0.2) is 11.6 Å². The van der Waals surface area contributed by atoms with Gasteiger partial charge in [-0.15, -0.1) is 0 Å². The summed E-state index contributed by atoms with van der Waals surface area (Å²) in [5.74, 6) is 3.83. The maximum Gasteiger partial charge on any atom is 0.156 e. The number of fused-ring (bicyclic) bond motifs is 2. The van der Waals surface area contributed by atoms with E-state index in [0.717, 1.165) is 38.5 Å². The van der Waals surface area contributed by atoms with Gasteiger partial charge in [0.1, 0.15) is 23.1 Å². The maximum atomic E-state index is 12.7. The Morgan fingerprint density at radius 2 is 0.585 bits per heavy atom. The summed E-state index contributed by atoms with van der Waals surface area (Å²) >= 11 is 0. The molecule has 0 heterocycles. The first-order valence-electron chi connectivity index (χ1n) is 38.3. The highest BCUT2D eigenvalue weighted by Gasteiger charge is 2.75. The van der Waals surface area contributed by atoms with Crippen molar-refractivity contribution in [2.75, 3.05) is 0 Å². The Kier molecular flexibility index (Phi) is 17.0. The van der Waals surface area contributed by atoms with Crippen LogP contribution in [0.1, 0.15) is 279 Å². The smallest absolute Gasteiger partial charge is 0.156 e. The molecule has 0 radical (unpaired) electrons. The second-order valence-corrected chi connectivity index (χ2v) is 52.6. The quantitative estimate of drug-likeness (QED) is 0.202. The lowest BCUT2D eigenvalue weighted by molar-refractivity contribution is -0.124. The fraction of sp³-hybridized carbons (Fsp3) is 0.791. The summed E-state index contributed by atoms with van der Waals surface area (Å²) < 4.78 is 0. The summed E-state index contributed by atoms with van der Waals surface area (Å²) in [6.07, 6.45) is 45.5. The van der Waals surface area contributed by atoms with Crippen LogP contribution in [0.15, 0.2) is 70.1 Å². The van der Waals surface area contributed by atoms with Gasteiger partial charge in [0.25, 0.3) is 0 Å². The summed E-state index contributed by atoms with van der Waals surface area (Å²) in [5, 5.41) is 3.10. The third-order valence-electron chi connectivity index (χ3n) is 31.9. The first-order valence-corrected chi connectivity index (χ1v) is 45.3. The summed E-state index contributed by atoms with van der Waals surface area (Å²) in [6, 6.07) is 0. The van der Waals surface area contributed by atoms with Crippen molar-refractivity contribution in [1.82, 2.24) is 0 Å². The lowest BCUT2D eigenvalue weighted by Crippen LogP contribution is -2.60. The molecule has 0 saturated heterocycles. The molecule has 94 heavy (non-hydrogen) atoms. The molecule has 520 valence electrons. The molecule has 16 aliphatic rings. The number of carbonyl (C=O) groups excluding carboxylic acids is 6. The molecule has 6 nitrogen and oxygen atoms in total. The van der Waals surface area contributed by atoms with Crippen molar-refractivity contribution in [1.29, 1.82) is 0 Å². The predicted octanol–water partition coefficient (Wildman–Crippen LogP) is 22.1. The van der Waals surface area contributed by atoms with Crippen LogP contribution >= 0.6 is 0 Å². The summed E-state index contributed by atoms with van der Waals surface area (Å²) in [5.41, 5.74) is 6.73. The van der Waals surface area contributed by atoms with E-state index in [9.17, 15) is 28.8 Å². The van der Waals surface area contributed by atoms with Crippen LogP contribution in [0.5, 0.6) is 0 Å². The molecule has 14 atom stereocenters. The molecular formula is C86H132O6Si2. The molecule has 0 aromatic carbocycles. The molecule has 0 aromatic rings. The number of allylic oxidation sites excluding steroid dienone is 12. The Hall–Kier alpha value is -3.11. The van der Waals surface area contributed by atoms with Gasteiger partial charge < -0.3 is 0 Å². The van der Waals surface area contributed by atoms with Crippen LogP contribution in [-0.4, -0.2) is 50.8 Å². The average molecular weight is 1320 g/mol. The second kappa shape index (κ2) is 22.2. The van der Waals surface area contributed by atoms with Crippen LogP contribution in [0.3, 0.4) is 0 Å². The minimum Gasteiger partial charge on any atom is -0.299 e. The van der Waals surface area contributed by atoms with Crippen molar-refractivity contribution >= 4 is 50.8 Å². The summed E-state index contributed by atoms with van der Waals surface area (Å²) in [4.78, 5) is 72.4. The van der Waals surface area contributed by atoms with Crippen LogP contribution in [0.4, 0.5) is 0 Å². The Bertz CT molecular complexity index is 3190. The van der Waals surface area contributed by atoms with Crippen LogP contribution < -0.4 is 0 Å². The summed E-state index contributed by atoms with van der Waals surface area (Å²) in [7, 11) is -2.68. The molecule has 0 unspecified atom stereocenters. The van der Waals surface area contributed by atoms with Gasteiger partial charge in [0, 0.05) is 83.9 Å². The van der Waals surface area contributed by atoms with Gasteiger partial charge in [0.2, 0.25) is 0 Å². The highest BCUT2D eigenvalue weighted by Crippen LogP contribution is 2.79. The molecular weight excluding hydrogens is 1190 g/mol. The van der Waals surface area contributed by atoms with E-state index in [2.05, 4.69) is 200 Å². The van der Waals surface area contributed by atoms with E-state index >= 15 is 0 Å². The minimum absolute atomic E-state index is 0.185. The number of rotatable bonds is 2. The molecule has 10 fully saturated rings. The first-order chi connectivity index (χ1) is 42.8. The van der Waals surface area contributed by atoms with Gasteiger partial charge in [0.05, 0.1) is 16.1 Å². The van der Waals surface area contributed by atoms with E-state index in [1.54, 1.807) is 10.4 Å². The van der Waals surface area contributed by atoms with Crippen molar-refractivity contribution in [3.63, 3.8) is 0 Å². The molecule has 0 aliphatic heterocycles. The Morgan fingerprint density at radius 1 is 0.319 bits per heavy atom. The van der Waals surface area contributed by atoms with Gasteiger partial charge >= 0.3 is 0 Å². The van der Waals surface area contributed by atoms with Crippen LogP contribution in [0.25, 0.3) is 0 Å². The fourth-order valence-corrected chi connectivity index (χ4v) is 31.1. The maximum absolute atomic E-state index is 12.7. The largest absolute Gasteiger partial charge is 0.299 e. The van der Waals surface area contributed by atoms with Crippen molar-refractivity contribution in [2.45, 2.75) is 318 Å². The molecule has 0 N–H and O–H groups in total. The topological polar surface area (TPSA) is 102 Å². The third-order valence-corrected chi connectivity index (χ3v) is 36.2. The number of Topliss-reactive ketones (excluding diaryl/α,β-unsaturated/α-hetero) is 4. The van der Waals surface area contributed by atoms with Crippen LogP contribution in [0.2, 0.25) is 39.3 Å². The zero-order chi connectivity index (χ0) is 69.7. The predicted molar refractivity (Wildman–Crippen MR) is 393 cm³/mol. The van der Waals surface area contributed by atoms with Crippen LogP contribution in [0, 0.1) is 110 Å². The molecule has 8 heteroatoms. The van der Waals surface area contributed by atoms with Crippen molar-refractivity contribution in [2.24, 2.45) is 110 Å². The van der Waals surface area contributed by atoms with Gasteiger partial charge in [-0.25, -0.2) is 0 Å². The number of carbonyl (C=O) groups is 6. The normalized spacial score (nSPS) is 44.4. The molecule has 0 aromatic heterocycles. The molecule has 10 saturated carbocycles. The molecule has 0 amide bonds. The molecule has 0 bridgehead atoms. The highest BCUT2D eigenvalue weighted by atomic mass is 28.3. The second-order valence-electron chi connectivity index (χ2n) is 42.5. The fourth-order valence-electron chi connectivity index (χ4n) is 27.3. The molecule has 16 aliphatic carbocycles. The molecule has 4 spiro atoms. The van der Waals surface area contributed by atoms with E-state index in [1.807, 2.05) is 12.2 Å². The Morgan fingerprint density at radius 3 is 0.840 bits per heavy atom. The number of hydrogen-bond donors (Lipinski definition) is 0. The van der Waals surface area contributed by atoms with Gasteiger partial charge in [-0.1, -0.05) is 260 Å². The first kappa shape index (κ1) is 72.2. The number of hydrogen-bond acceptors (Lipinski definition) is 6. The van der Waals surface area contributed by atoms with Gasteiger partial charge in [-0.2, -0.15) is 0 Å². The Labute approximate surface area is 574 Å². The standard InChI is InChI=1S/2C17H28OSi.2C14H20O.2C12H18O/c2*1-15(2)8-7-9-16(3)10-12(18)14-13(19(4,5)6)11-17(14,15)16;2*1-12(2)6-4-7-13(3)9-11(15)10-5-8-14(10,12)13;2*1-11(2)5-4-6-12(3)8-9(13)7-10(11)12/h2*11,14H,7-10H2,1-6H3;2*5,8,10H,4,6-7,9H2,1-3H3;2*7H,4-6,8H2,1-3H3/t2*14-,16+,17+;2*10-,13-,14-;2*12-/m101010/s1. The lowest BCUT2D eigenvalue weighted by Gasteiger charge is -2.64. The van der Waals surface area contributed by atoms with Gasteiger partial charge in [-0.3, -0.25) is 28.8 Å². The van der Waals surface area contributed by atoms with Crippen molar-refractivity contribution < 1.29 is 28.8 Å². The monoisotopic (exact) mass is 1320 g/mol. The zero-order valence-electron chi connectivity index (χ0n) is 64.3. The SMILES string of the molecule is CC1(C)CCC[C@@]2(C)CC(=O)C=C12.CC1(C)CCC[C@@]2(C)CC(=O)[C@@H]3C([Si](C)(C)C)=C[C@]312.CC1(C)CCC[C@@]2(C)CC(=O)[C@@H]3C=C[C@]312.CC1(C)CCC[C@]2(C)CC(=O)C=C12.CC1(C)CCC[C@]2(C)CC(=O)[C@H]3C([Si](C)(C)C)=C[C@@]312.CC1(C)CCC[C@]2(C)CC(=O)[C@H]3C=C[C@@]312. The Balaban J connectivity index is 0.000000116. The van der Waals surface area contributed by atoms with Gasteiger partial charge in [-0.05, 0) is 154 Å². The highest BCUT2D eigenvalue weighted by molar-refractivity contribution is 6.84. The van der Waals surface area contributed by atoms with Crippen molar-refractivity contribution in [3.05, 3.63) is 70.1 Å². The molecule has 16 rings (SSSR count). The lowest BCUT2D eigenvalue weighted by atomic mass is 9.42. The zero-order valence-corrected chi connectivity index (χ0v) is 66.3. The third kappa shape index (κ3) is 10.1. The van der Waals surface area contributed by atoms with Crippen LogP contribution in [-0.2, 0) is 28.8 Å². The summed E-state index contributed by atoms with van der Waals surface area (Å²) in [6.45, 7) is 56.5.